The third-order valence-electron chi connectivity index (χ3n) is 4.81. The monoisotopic (exact) mass is 376 g/mol. The third-order valence-corrected chi connectivity index (χ3v) is 4.81. The Morgan fingerprint density at radius 2 is 2.04 bits per heavy atom. The summed E-state index contributed by atoms with van der Waals surface area (Å²) in [7, 11) is 0. The topological polar surface area (TPSA) is 69.7 Å². The van der Waals surface area contributed by atoms with Crippen LogP contribution < -0.4 is 5.32 Å². The molecular weight excluding hydrogens is 357 g/mol. The van der Waals surface area contributed by atoms with Crippen LogP contribution in [0.15, 0.2) is 42.9 Å². The molecule has 3 aromatic rings. The third kappa shape index (κ3) is 3.73. The summed E-state index contributed by atoms with van der Waals surface area (Å²) in [6.07, 6.45) is 2.05. The van der Waals surface area contributed by atoms with Crippen molar-refractivity contribution in [3.63, 3.8) is 0 Å². The number of benzene rings is 1. The molecule has 0 amide bonds. The number of nitrogens with zero attached hydrogens (tertiary/aromatic N) is 4. The highest BCUT2D eigenvalue weighted by molar-refractivity contribution is 5.85. The Balaban J connectivity index is 1.40. The molecule has 0 aliphatic carbocycles. The second kappa shape index (κ2) is 7.15. The van der Waals surface area contributed by atoms with Gasteiger partial charge in [-0.15, -0.1) is 0 Å². The Hall–Kier alpha value is -2.68. The van der Waals surface area contributed by atoms with Gasteiger partial charge in [0.2, 0.25) is 0 Å². The number of aromatic amines is 1. The number of fused-ring (bicyclic) bond motifs is 1. The van der Waals surface area contributed by atoms with Gasteiger partial charge in [0, 0.05) is 18.7 Å². The lowest BCUT2D eigenvalue weighted by molar-refractivity contribution is -0.0491. The minimum atomic E-state index is -3.02. The maximum atomic E-state index is 14.7. The van der Waals surface area contributed by atoms with Gasteiger partial charge in [-0.3, -0.25) is 10.00 Å². The minimum absolute atomic E-state index is 0.0519. The molecule has 0 bridgehead atoms. The van der Waals surface area contributed by atoms with Crippen LogP contribution in [0.5, 0.6) is 0 Å². The van der Waals surface area contributed by atoms with Crippen molar-refractivity contribution in [2.75, 3.05) is 25.0 Å². The van der Waals surface area contributed by atoms with Crippen molar-refractivity contribution in [3.8, 4) is 0 Å². The minimum Gasteiger partial charge on any atom is -0.364 e. The summed E-state index contributed by atoms with van der Waals surface area (Å²) in [6, 6.07) is 7.14. The van der Waals surface area contributed by atoms with E-state index in [1.807, 2.05) is 0 Å². The number of alkyl halides is 3. The fraction of sp³-hybridized carbons (Fsp3) is 0.389. The van der Waals surface area contributed by atoms with Gasteiger partial charge in [-0.1, -0.05) is 30.3 Å². The van der Waals surface area contributed by atoms with Crippen LogP contribution in [0.4, 0.5) is 19.0 Å². The van der Waals surface area contributed by atoms with Crippen molar-refractivity contribution >= 4 is 16.9 Å². The number of nitrogens with one attached hydrogen (secondary N) is 2. The van der Waals surface area contributed by atoms with Gasteiger partial charge in [-0.05, 0) is 6.42 Å². The van der Waals surface area contributed by atoms with Crippen molar-refractivity contribution in [2.45, 2.75) is 24.6 Å². The Morgan fingerprint density at radius 3 is 2.81 bits per heavy atom. The first-order chi connectivity index (χ1) is 13.0. The molecule has 9 heteroatoms. The normalized spacial score (nSPS) is 21.4. The van der Waals surface area contributed by atoms with Crippen molar-refractivity contribution in [1.82, 2.24) is 25.1 Å². The summed E-state index contributed by atoms with van der Waals surface area (Å²) in [4.78, 5) is 9.66. The van der Waals surface area contributed by atoms with Gasteiger partial charge < -0.3 is 5.32 Å². The largest absolute Gasteiger partial charge is 0.364 e. The molecule has 1 fully saturated rings. The predicted octanol–water partition coefficient (Wildman–Crippen LogP) is 2.97. The van der Waals surface area contributed by atoms with Crippen LogP contribution in [0, 0.1) is 0 Å². The van der Waals surface area contributed by atoms with Crippen LogP contribution in [-0.2, 0) is 5.92 Å². The number of piperidine rings is 1. The van der Waals surface area contributed by atoms with Crippen molar-refractivity contribution in [1.29, 1.82) is 0 Å². The first-order valence-corrected chi connectivity index (χ1v) is 8.73. The average Bonchev–Trinajstić information content (AvgIpc) is 3.14. The maximum Gasteiger partial charge on any atom is 0.285 e. The highest BCUT2D eigenvalue weighted by atomic mass is 19.3. The summed E-state index contributed by atoms with van der Waals surface area (Å²) < 4.78 is 43.6. The molecule has 2 atom stereocenters. The lowest BCUT2D eigenvalue weighted by Gasteiger charge is -2.36. The predicted molar refractivity (Wildman–Crippen MR) is 95.4 cm³/mol. The molecule has 0 radical (unpaired) electrons. The van der Waals surface area contributed by atoms with E-state index in [-0.39, 0.29) is 12.1 Å². The van der Waals surface area contributed by atoms with E-state index in [2.05, 4.69) is 25.5 Å². The molecule has 0 saturated carbocycles. The molecule has 2 aromatic heterocycles. The van der Waals surface area contributed by atoms with E-state index in [9.17, 15) is 13.2 Å². The zero-order valence-corrected chi connectivity index (χ0v) is 14.4. The van der Waals surface area contributed by atoms with Gasteiger partial charge in [-0.25, -0.2) is 14.4 Å². The number of hydrogen-bond donors (Lipinski definition) is 2. The molecule has 1 saturated heterocycles. The number of hydrogen-bond acceptors (Lipinski definition) is 5. The average molecular weight is 376 g/mol. The van der Waals surface area contributed by atoms with Gasteiger partial charge in [0.1, 0.15) is 18.3 Å². The molecule has 0 unspecified atom stereocenters. The van der Waals surface area contributed by atoms with E-state index >= 15 is 0 Å². The highest BCUT2D eigenvalue weighted by Crippen LogP contribution is 2.30. The van der Waals surface area contributed by atoms with E-state index in [4.69, 9.17) is 0 Å². The van der Waals surface area contributed by atoms with Crippen molar-refractivity contribution < 1.29 is 13.2 Å². The van der Waals surface area contributed by atoms with Gasteiger partial charge in [0.05, 0.1) is 24.2 Å². The van der Waals surface area contributed by atoms with Crippen molar-refractivity contribution in [3.05, 3.63) is 48.4 Å². The molecule has 142 valence electrons. The molecule has 2 N–H and O–H groups in total. The number of rotatable bonds is 5. The first-order valence-electron chi connectivity index (χ1n) is 8.73. The number of anilines is 1. The lowest BCUT2D eigenvalue weighted by atomic mass is 10.0. The molecule has 1 aliphatic rings. The van der Waals surface area contributed by atoms with Crippen LogP contribution >= 0.6 is 0 Å². The molecule has 3 heterocycles. The first kappa shape index (κ1) is 17.7. The molecule has 4 rings (SSSR count). The molecule has 0 spiro atoms. The van der Waals surface area contributed by atoms with Gasteiger partial charge in [-0.2, -0.15) is 13.9 Å². The van der Waals surface area contributed by atoms with E-state index in [0.29, 0.717) is 29.8 Å². The van der Waals surface area contributed by atoms with Crippen LogP contribution in [0.2, 0.25) is 0 Å². The number of aromatic nitrogens is 4. The quantitative estimate of drug-likeness (QED) is 0.717. The standard InChI is InChI=1S/C18H19F3N6/c19-14-9-27(10-18(20,21)12-4-2-1-3-5-12)7-6-15(14)25-16-13-8-24-26-17(13)23-11-22-16/h1-5,8,11,14-15H,6-7,9-10H2,(H2,22,23,24,25,26)/t14-,15-/m1/s1. The Bertz CT molecular complexity index is 900. The van der Waals surface area contributed by atoms with E-state index in [1.165, 1.54) is 23.4 Å². The zero-order chi connectivity index (χ0) is 18.9. The second-order valence-electron chi connectivity index (χ2n) is 6.72. The molecular formula is C18H19F3N6. The van der Waals surface area contributed by atoms with Crippen molar-refractivity contribution in [2.24, 2.45) is 0 Å². The summed E-state index contributed by atoms with van der Waals surface area (Å²) in [5, 5.41) is 10.4. The van der Waals surface area contributed by atoms with E-state index in [0.717, 1.165) is 0 Å². The van der Waals surface area contributed by atoms with Crippen LogP contribution in [0.1, 0.15) is 12.0 Å². The SMILES string of the molecule is F[C@@H]1CN(CC(F)(F)c2ccccc2)CC[C@H]1Nc1ncnc2[nH]ncc12. The van der Waals surface area contributed by atoms with Gasteiger partial charge in [0.25, 0.3) is 5.92 Å². The fourth-order valence-corrected chi connectivity index (χ4v) is 3.38. The molecule has 6 nitrogen and oxygen atoms in total. The number of H-pyrrole nitrogens is 1. The van der Waals surface area contributed by atoms with Crippen LogP contribution in [-0.4, -0.2) is 56.9 Å². The zero-order valence-electron chi connectivity index (χ0n) is 14.4. The molecule has 27 heavy (non-hydrogen) atoms. The molecule has 1 aliphatic heterocycles. The number of likely N-dealkylation sites (tertiary alicyclic amines) is 1. The maximum absolute atomic E-state index is 14.7. The van der Waals surface area contributed by atoms with Crippen LogP contribution in [0.3, 0.4) is 0 Å². The fourth-order valence-electron chi connectivity index (χ4n) is 3.38. The Labute approximate surface area is 153 Å². The lowest BCUT2D eigenvalue weighted by Crippen LogP contribution is -2.50. The summed E-state index contributed by atoms with van der Waals surface area (Å²) >= 11 is 0. The van der Waals surface area contributed by atoms with E-state index in [1.54, 1.807) is 24.4 Å². The Kier molecular flexibility index (Phi) is 4.69. The number of halogens is 3. The van der Waals surface area contributed by atoms with Crippen LogP contribution in [0.25, 0.3) is 11.0 Å². The summed E-state index contributed by atoms with van der Waals surface area (Å²) in [6.45, 7) is -0.177. The highest BCUT2D eigenvalue weighted by Gasteiger charge is 2.38. The smallest absolute Gasteiger partial charge is 0.285 e. The molecule has 1 aromatic carbocycles. The summed E-state index contributed by atoms with van der Waals surface area (Å²) in [5.74, 6) is -2.53. The summed E-state index contributed by atoms with van der Waals surface area (Å²) in [5.41, 5.74) is 0.506. The van der Waals surface area contributed by atoms with Gasteiger partial charge >= 0.3 is 0 Å². The Morgan fingerprint density at radius 1 is 1.22 bits per heavy atom. The van der Waals surface area contributed by atoms with E-state index < -0.39 is 24.7 Å². The second-order valence-corrected chi connectivity index (χ2v) is 6.72. The van der Waals surface area contributed by atoms with Gasteiger partial charge in [0.15, 0.2) is 5.65 Å².